The number of hydrogen-bond donors (Lipinski definition) is 3. The van der Waals surface area contributed by atoms with Crippen LogP contribution in [0, 0.1) is 0 Å². The second-order valence-electron chi connectivity index (χ2n) is 3.14. The standard InChI is InChI=1S/C10H15NO2/c11-9(5-6-12)7-8-1-3-10(13)4-2-8/h1-4,9,12-13H,5-7,11H2/t9-/m1/s1. The zero-order valence-corrected chi connectivity index (χ0v) is 7.48. The first-order chi connectivity index (χ1) is 6.22. The Kier molecular flexibility index (Phi) is 3.73. The van der Waals surface area contributed by atoms with Crippen LogP contribution < -0.4 is 5.73 Å². The Morgan fingerprint density at radius 2 is 1.85 bits per heavy atom. The molecule has 1 atom stereocenters. The molecule has 0 aliphatic heterocycles. The molecule has 0 spiro atoms. The zero-order valence-electron chi connectivity index (χ0n) is 7.48. The predicted octanol–water partition coefficient (Wildman–Crippen LogP) is 0.644. The fraction of sp³-hybridized carbons (Fsp3) is 0.400. The van der Waals surface area contributed by atoms with Crippen molar-refractivity contribution in [3.8, 4) is 5.75 Å². The highest BCUT2D eigenvalue weighted by atomic mass is 16.3. The quantitative estimate of drug-likeness (QED) is 0.638. The van der Waals surface area contributed by atoms with E-state index in [0.29, 0.717) is 6.42 Å². The van der Waals surface area contributed by atoms with E-state index in [1.54, 1.807) is 12.1 Å². The molecule has 3 heteroatoms. The Morgan fingerprint density at radius 1 is 1.23 bits per heavy atom. The number of phenols is 1. The molecular weight excluding hydrogens is 166 g/mol. The summed E-state index contributed by atoms with van der Waals surface area (Å²) < 4.78 is 0. The van der Waals surface area contributed by atoms with Gasteiger partial charge in [0.05, 0.1) is 0 Å². The third kappa shape index (κ3) is 3.44. The molecule has 13 heavy (non-hydrogen) atoms. The van der Waals surface area contributed by atoms with Crippen LogP contribution in [0.2, 0.25) is 0 Å². The third-order valence-electron chi connectivity index (χ3n) is 1.93. The summed E-state index contributed by atoms with van der Waals surface area (Å²) in [6.45, 7) is 0.124. The van der Waals surface area contributed by atoms with Crippen molar-refractivity contribution < 1.29 is 10.2 Å². The van der Waals surface area contributed by atoms with Crippen molar-refractivity contribution in [2.45, 2.75) is 18.9 Å². The van der Waals surface area contributed by atoms with Crippen molar-refractivity contribution in [3.63, 3.8) is 0 Å². The molecule has 0 aromatic heterocycles. The summed E-state index contributed by atoms with van der Waals surface area (Å²) in [6.07, 6.45) is 1.35. The van der Waals surface area contributed by atoms with Crippen molar-refractivity contribution in [2.24, 2.45) is 5.73 Å². The predicted molar refractivity (Wildman–Crippen MR) is 51.5 cm³/mol. The maximum absolute atomic E-state index is 9.02. The molecule has 0 bridgehead atoms. The van der Waals surface area contributed by atoms with Crippen LogP contribution in [-0.4, -0.2) is 22.9 Å². The van der Waals surface area contributed by atoms with E-state index in [1.807, 2.05) is 12.1 Å². The molecule has 0 radical (unpaired) electrons. The van der Waals surface area contributed by atoms with Crippen LogP contribution in [0.5, 0.6) is 5.75 Å². The zero-order chi connectivity index (χ0) is 9.68. The number of aliphatic hydroxyl groups excluding tert-OH is 1. The lowest BCUT2D eigenvalue weighted by Gasteiger charge is -2.09. The lowest BCUT2D eigenvalue weighted by Crippen LogP contribution is -2.23. The molecule has 0 heterocycles. The molecule has 1 aromatic rings. The molecule has 4 N–H and O–H groups in total. The number of rotatable bonds is 4. The molecule has 0 fully saturated rings. The van der Waals surface area contributed by atoms with Crippen LogP contribution in [0.3, 0.4) is 0 Å². The summed E-state index contributed by atoms with van der Waals surface area (Å²) in [5.74, 6) is 0.263. The largest absolute Gasteiger partial charge is 0.508 e. The first-order valence-electron chi connectivity index (χ1n) is 4.36. The number of phenolic OH excluding ortho intramolecular Hbond substituents is 1. The topological polar surface area (TPSA) is 66.5 Å². The van der Waals surface area contributed by atoms with Gasteiger partial charge in [-0.1, -0.05) is 12.1 Å². The smallest absolute Gasteiger partial charge is 0.115 e. The molecule has 0 aliphatic rings. The van der Waals surface area contributed by atoms with Gasteiger partial charge in [0, 0.05) is 12.6 Å². The summed E-state index contributed by atoms with van der Waals surface area (Å²) >= 11 is 0. The molecule has 1 aromatic carbocycles. The van der Waals surface area contributed by atoms with Gasteiger partial charge >= 0.3 is 0 Å². The Balaban J connectivity index is 2.49. The van der Waals surface area contributed by atoms with Gasteiger partial charge < -0.3 is 15.9 Å². The lowest BCUT2D eigenvalue weighted by atomic mass is 10.0. The Bertz CT molecular complexity index is 246. The van der Waals surface area contributed by atoms with Crippen LogP contribution in [0.4, 0.5) is 0 Å². The Hall–Kier alpha value is -1.06. The average Bonchev–Trinajstić information content (AvgIpc) is 2.09. The Morgan fingerprint density at radius 3 is 2.38 bits per heavy atom. The van der Waals surface area contributed by atoms with Gasteiger partial charge in [-0.15, -0.1) is 0 Å². The van der Waals surface area contributed by atoms with Gasteiger partial charge in [-0.3, -0.25) is 0 Å². The normalized spacial score (nSPS) is 12.8. The van der Waals surface area contributed by atoms with Crippen LogP contribution in [0.15, 0.2) is 24.3 Å². The molecule has 0 saturated carbocycles. The first kappa shape index (κ1) is 10.0. The third-order valence-corrected chi connectivity index (χ3v) is 1.93. The van der Waals surface area contributed by atoms with Crippen molar-refractivity contribution in [1.29, 1.82) is 0 Å². The average molecular weight is 181 g/mol. The van der Waals surface area contributed by atoms with E-state index < -0.39 is 0 Å². The summed E-state index contributed by atoms with van der Waals surface area (Å²) in [5.41, 5.74) is 6.81. The van der Waals surface area contributed by atoms with E-state index in [2.05, 4.69) is 0 Å². The lowest BCUT2D eigenvalue weighted by molar-refractivity contribution is 0.275. The fourth-order valence-electron chi connectivity index (χ4n) is 1.20. The molecule has 0 unspecified atom stereocenters. The molecule has 3 nitrogen and oxygen atoms in total. The van der Waals surface area contributed by atoms with Gasteiger partial charge in [-0.2, -0.15) is 0 Å². The molecular formula is C10H15NO2. The number of aliphatic hydroxyl groups is 1. The van der Waals surface area contributed by atoms with Crippen LogP contribution in [0.25, 0.3) is 0 Å². The molecule has 72 valence electrons. The van der Waals surface area contributed by atoms with Gasteiger partial charge in [-0.25, -0.2) is 0 Å². The van der Waals surface area contributed by atoms with Gasteiger partial charge in [0.1, 0.15) is 5.75 Å². The minimum atomic E-state index is -0.00505. The number of hydrogen-bond acceptors (Lipinski definition) is 3. The maximum Gasteiger partial charge on any atom is 0.115 e. The summed E-state index contributed by atoms with van der Waals surface area (Å²) in [4.78, 5) is 0. The Labute approximate surface area is 77.8 Å². The highest BCUT2D eigenvalue weighted by molar-refractivity contribution is 5.26. The molecule has 0 aliphatic carbocycles. The van der Waals surface area contributed by atoms with Gasteiger partial charge in [0.2, 0.25) is 0 Å². The van der Waals surface area contributed by atoms with Crippen LogP contribution >= 0.6 is 0 Å². The molecule has 0 saturated heterocycles. The molecule has 1 rings (SSSR count). The van der Waals surface area contributed by atoms with Crippen molar-refractivity contribution in [2.75, 3.05) is 6.61 Å². The number of aromatic hydroxyl groups is 1. The van der Waals surface area contributed by atoms with Crippen molar-refractivity contribution in [3.05, 3.63) is 29.8 Å². The summed E-state index contributed by atoms with van der Waals surface area (Å²) in [6, 6.07) is 6.95. The summed E-state index contributed by atoms with van der Waals surface area (Å²) in [7, 11) is 0. The first-order valence-corrected chi connectivity index (χ1v) is 4.36. The maximum atomic E-state index is 9.02. The van der Waals surface area contributed by atoms with E-state index >= 15 is 0 Å². The second kappa shape index (κ2) is 4.84. The molecule has 0 amide bonds. The van der Waals surface area contributed by atoms with E-state index in [9.17, 15) is 0 Å². The summed E-state index contributed by atoms with van der Waals surface area (Å²) in [5, 5.41) is 17.7. The highest BCUT2D eigenvalue weighted by Gasteiger charge is 2.02. The van der Waals surface area contributed by atoms with Crippen molar-refractivity contribution in [1.82, 2.24) is 0 Å². The number of benzene rings is 1. The second-order valence-corrected chi connectivity index (χ2v) is 3.14. The van der Waals surface area contributed by atoms with E-state index in [1.165, 1.54) is 0 Å². The SMILES string of the molecule is N[C@H](CCO)Cc1ccc(O)cc1. The van der Waals surface area contributed by atoms with E-state index in [4.69, 9.17) is 15.9 Å². The fourth-order valence-corrected chi connectivity index (χ4v) is 1.20. The van der Waals surface area contributed by atoms with Gasteiger partial charge in [0.25, 0.3) is 0 Å². The minimum absolute atomic E-state index is 0.00505. The van der Waals surface area contributed by atoms with Crippen LogP contribution in [-0.2, 0) is 6.42 Å². The number of nitrogens with two attached hydrogens (primary N) is 1. The van der Waals surface area contributed by atoms with Gasteiger partial charge in [-0.05, 0) is 30.5 Å². The van der Waals surface area contributed by atoms with Gasteiger partial charge in [0.15, 0.2) is 0 Å². The van der Waals surface area contributed by atoms with E-state index in [0.717, 1.165) is 12.0 Å². The monoisotopic (exact) mass is 181 g/mol. The van der Waals surface area contributed by atoms with Crippen molar-refractivity contribution >= 4 is 0 Å². The van der Waals surface area contributed by atoms with E-state index in [-0.39, 0.29) is 18.4 Å². The minimum Gasteiger partial charge on any atom is -0.508 e. The van der Waals surface area contributed by atoms with Crippen LogP contribution in [0.1, 0.15) is 12.0 Å². The highest BCUT2D eigenvalue weighted by Crippen LogP contribution is 2.11.